The summed E-state index contributed by atoms with van der Waals surface area (Å²) < 4.78 is 1.74. The number of carbonyl (C=O) groups is 3. The highest BCUT2D eigenvalue weighted by Crippen LogP contribution is 2.26. The normalized spacial score (nSPS) is 15.6. The highest BCUT2D eigenvalue weighted by molar-refractivity contribution is 5.98. The number of nitrogens with one attached hydrogen (secondary N) is 2. The number of likely N-dealkylation sites (tertiary alicyclic amines) is 1. The van der Waals surface area contributed by atoms with E-state index in [0.29, 0.717) is 5.92 Å². The van der Waals surface area contributed by atoms with Gasteiger partial charge in [0.05, 0.1) is 11.9 Å². The molecular formula is C34H40N6O3. The second kappa shape index (κ2) is 12.8. The molecule has 224 valence electrons. The minimum atomic E-state index is -1.17. The summed E-state index contributed by atoms with van der Waals surface area (Å²) in [5, 5.41) is 7.81. The highest BCUT2D eigenvalue weighted by Gasteiger charge is 2.31. The third-order valence-corrected chi connectivity index (χ3v) is 8.06. The second-order valence-corrected chi connectivity index (χ2v) is 12.1. The first-order valence-electron chi connectivity index (χ1n) is 14.8. The van der Waals surface area contributed by atoms with Gasteiger partial charge in [-0.05, 0) is 54.5 Å². The van der Waals surface area contributed by atoms with Crippen LogP contribution in [-0.2, 0) is 20.8 Å². The molecule has 1 aliphatic rings. The molecule has 0 bridgehead atoms. The van der Waals surface area contributed by atoms with Crippen LogP contribution < -0.4 is 16.4 Å². The standard InChI is InChI=1S/C34H40N6O3/c1-23-15-17-39(18-16-23)32(42)30(26-10-5-4-6-11-26)40-21-29(36-22-40)38-31(41)28(37-33(43)34(2,3)35)20-24-13-14-25-9-7-8-12-27(25)19-24/h4-14,19,21-23,28,30H,15-18,20,35H2,1-3H3,(H,37,43)(H,38,41)/t28-,30?/m1/s1. The summed E-state index contributed by atoms with van der Waals surface area (Å²) in [5.74, 6) is 0.0195. The van der Waals surface area contributed by atoms with Gasteiger partial charge in [-0.2, -0.15) is 0 Å². The Hall–Kier alpha value is -4.50. The molecule has 1 saturated heterocycles. The van der Waals surface area contributed by atoms with Gasteiger partial charge in [-0.3, -0.25) is 14.4 Å². The fourth-order valence-electron chi connectivity index (χ4n) is 5.39. The Morgan fingerprint density at radius 2 is 1.65 bits per heavy atom. The lowest BCUT2D eigenvalue weighted by Crippen LogP contribution is -2.55. The van der Waals surface area contributed by atoms with Crippen LogP contribution in [0.15, 0.2) is 85.3 Å². The van der Waals surface area contributed by atoms with E-state index in [9.17, 15) is 14.4 Å². The van der Waals surface area contributed by atoms with Gasteiger partial charge in [-0.1, -0.05) is 79.7 Å². The van der Waals surface area contributed by atoms with E-state index in [1.165, 1.54) is 0 Å². The van der Waals surface area contributed by atoms with Crippen molar-refractivity contribution in [1.29, 1.82) is 0 Å². The quantitative estimate of drug-likeness (QED) is 0.273. The summed E-state index contributed by atoms with van der Waals surface area (Å²) in [5.41, 5.74) is 6.61. The van der Waals surface area contributed by atoms with Crippen molar-refractivity contribution in [2.24, 2.45) is 11.7 Å². The summed E-state index contributed by atoms with van der Waals surface area (Å²) in [6.45, 7) is 6.84. The fourth-order valence-corrected chi connectivity index (χ4v) is 5.39. The van der Waals surface area contributed by atoms with Crippen LogP contribution in [0.25, 0.3) is 10.8 Å². The zero-order valence-corrected chi connectivity index (χ0v) is 25.0. The van der Waals surface area contributed by atoms with Crippen LogP contribution in [0.2, 0.25) is 0 Å². The predicted octanol–water partition coefficient (Wildman–Crippen LogP) is 4.29. The molecule has 9 nitrogen and oxygen atoms in total. The largest absolute Gasteiger partial charge is 0.342 e. The van der Waals surface area contributed by atoms with Crippen molar-refractivity contribution in [2.75, 3.05) is 18.4 Å². The van der Waals surface area contributed by atoms with Gasteiger partial charge < -0.3 is 25.8 Å². The fraction of sp³-hybridized carbons (Fsp3) is 0.353. The van der Waals surface area contributed by atoms with Crippen molar-refractivity contribution >= 4 is 34.3 Å². The molecule has 0 aliphatic carbocycles. The molecule has 3 amide bonds. The number of anilines is 1. The van der Waals surface area contributed by atoms with E-state index < -0.39 is 29.4 Å². The van der Waals surface area contributed by atoms with Crippen molar-refractivity contribution in [3.8, 4) is 0 Å². The molecule has 1 unspecified atom stereocenters. The number of fused-ring (bicyclic) bond motifs is 1. The van der Waals surface area contributed by atoms with Gasteiger partial charge in [0, 0.05) is 25.7 Å². The van der Waals surface area contributed by atoms with Crippen LogP contribution in [0.1, 0.15) is 50.8 Å². The van der Waals surface area contributed by atoms with Gasteiger partial charge in [0.1, 0.15) is 12.1 Å². The monoisotopic (exact) mass is 580 g/mol. The van der Waals surface area contributed by atoms with Crippen LogP contribution in [0.5, 0.6) is 0 Å². The molecule has 0 spiro atoms. The number of benzene rings is 3. The Morgan fingerprint density at radius 1 is 0.977 bits per heavy atom. The third-order valence-electron chi connectivity index (χ3n) is 8.06. The van der Waals surface area contributed by atoms with E-state index >= 15 is 0 Å². The Morgan fingerprint density at radius 3 is 2.35 bits per heavy atom. The number of piperidine rings is 1. The number of hydrogen-bond donors (Lipinski definition) is 3. The molecule has 2 heterocycles. The van der Waals surface area contributed by atoms with Crippen LogP contribution in [0, 0.1) is 5.92 Å². The summed E-state index contributed by atoms with van der Waals surface area (Å²) >= 11 is 0. The number of amides is 3. The average Bonchev–Trinajstić information content (AvgIpc) is 3.44. The van der Waals surface area contributed by atoms with Crippen molar-refractivity contribution < 1.29 is 14.4 Å². The average molecular weight is 581 g/mol. The molecule has 4 N–H and O–H groups in total. The van der Waals surface area contributed by atoms with Crippen LogP contribution >= 0.6 is 0 Å². The van der Waals surface area contributed by atoms with Crippen LogP contribution in [0.3, 0.4) is 0 Å². The molecule has 4 aromatic rings. The van der Waals surface area contributed by atoms with Gasteiger partial charge in [-0.15, -0.1) is 0 Å². The maximum atomic E-state index is 13.8. The first-order chi connectivity index (χ1) is 20.6. The van der Waals surface area contributed by atoms with Crippen LogP contribution in [0.4, 0.5) is 5.82 Å². The first kappa shape index (κ1) is 30.0. The summed E-state index contributed by atoms with van der Waals surface area (Å²) in [4.78, 5) is 46.6. The smallest absolute Gasteiger partial charge is 0.250 e. The molecular weight excluding hydrogens is 540 g/mol. The molecule has 0 saturated carbocycles. The highest BCUT2D eigenvalue weighted by atomic mass is 16.2. The zero-order chi connectivity index (χ0) is 30.6. The number of rotatable bonds is 9. The topological polar surface area (TPSA) is 122 Å². The second-order valence-electron chi connectivity index (χ2n) is 12.1. The van der Waals surface area contributed by atoms with Gasteiger partial charge >= 0.3 is 0 Å². The molecule has 1 fully saturated rings. The molecule has 5 rings (SSSR count). The number of aromatic nitrogens is 2. The molecule has 43 heavy (non-hydrogen) atoms. The summed E-state index contributed by atoms with van der Waals surface area (Å²) in [6, 6.07) is 22.0. The predicted molar refractivity (Wildman–Crippen MR) is 168 cm³/mol. The number of nitrogens with zero attached hydrogens (tertiary/aromatic N) is 3. The van der Waals surface area contributed by atoms with Gasteiger partial charge in [0.15, 0.2) is 5.82 Å². The Labute approximate surface area is 252 Å². The van der Waals surface area contributed by atoms with Gasteiger partial charge in [0.25, 0.3) is 0 Å². The van der Waals surface area contributed by atoms with Crippen molar-refractivity contribution in [3.05, 3.63) is 96.4 Å². The van der Waals surface area contributed by atoms with E-state index in [2.05, 4.69) is 22.5 Å². The van der Waals surface area contributed by atoms with Crippen molar-refractivity contribution in [2.45, 2.75) is 57.7 Å². The van der Waals surface area contributed by atoms with Crippen LogP contribution in [-0.4, -0.2) is 56.8 Å². The SMILES string of the molecule is CC1CCN(C(=O)C(c2ccccc2)n2cnc(NC(=O)[C@@H](Cc3ccc4ccccc4c3)NC(=O)C(C)(C)N)c2)CC1. The minimum Gasteiger partial charge on any atom is -0.342 e. The summed E-state index contributed by atoms with van der Waals surface area (Å²) in [6.07, 6.45) is 5.45. The third kappa shape index (κ3) is 7.29. The number of imidazole rings is 1. The Kier molecular flexibility index (Phi) is 8.92. The van der Waals surface area contributed by atoms with Crippen molar-refractivity contribution in [3.63, 3.8) is 0 Å². The molecule has 1 aromatic heterocycles. The molecule has 3 aromatic carbocycles. The molecule has 9 heteroatoms. The molecule has 0 radical (unpaired) electrons. The number of nitrogens with two attached hydrogens (primary N) is 1. The van der Waals surface area contributed by atoms with E-state index in [1.807, 2.05) is 77.7 Å². The Bertz CT molecular complexity index is 1580. The zero-order valence-electron chi connectivity index (χ0n) is 25.0. The lowest BCUT2D eigenvalue weighted by Gasteiger charge is -2.33. The first-order valence-corrected chi connectivity index (χ1v) is 14.8. The van der Waals surface area contributed by atoms with Gasteiger partial charge in [0.2, 0.25) is 17.7 Å². The number of carbonyl (C=O) groups excluding carboxylic acids is 3. The lowest BCUT2D eigenvalue weighted by molar-refractivity contribution is -0.135. The lowest BCUT2D eigenvalue weighted by atomic mass is 9.97. The van der Waals surface area contributed by atoms with E-state index in [0.717, 1.165) is 47.8 Å². The molecule has 1 aliphatic heterocycles. The minimum absolute atomic E-state index is 0.00000208. The van der Waals surface area contributed by atoms with Gasteiger partial charge in [-0.25, -0.2) is 4.98 Å². The van der Waals surface area contributed by atoms with E-state index in [1.54, 1.807) is 30.9 Å². The maximum Gasteiger partial charge on any atom is 0.250 e. The maximum absolute atomic E-state index is 13.8. The van der Waals surface area contributed by atoms with Crippen molar-refractivity contribution in [1.82, 2.24) is 19.8 Å². The van der Waals surface area contributed by atoms with E-state index in [-0.39, 0.29) is 18.1 Å². The summed E-state index contributed by atoms with van der Waals surface area (Å²) in [7, 11) is 0. The number of hydrogen-bond acceptors (Lipinski definition) is 5. The molecule has 2 atom stereocenters. The van der Waals surface area contributed by atoms with E-state index in [4.69, 9.17) is 5.73 Å². The Balaban J connectivity index is 1.37.